The normalized spacial score (nSPS) is 15.4. The second-order valence-electron chi connectivity index (χ2n) is 10.6. The Kier molecular flexibility index (Phi) is 4.90. The molecule has 5 heteroatoms. The van der Waals surface area contributed by atoms with E-state index in [4.69, 9.17) is 18.8 Å². The van der Waals surface area contributed by atoms with Crippen LogP contribution in [0.2, 0.25) is 0 Å². The van der Waals surface area contributed by atoms with Gasteiger partial charge in [0.05, 0.1) is 0 Å². The number of fused-ring (bicyclic) bond motifs is 7. The van der Waals surface area contributed by atoms with E-state index >= 15 is 0 Å². The average molecular weight is 542 g/mol. The van der Waals surface area contributed by atoms with Gasteiger partial charge in [-0.1, -0.05) is 84.9 Å². The summed E-state index contributed by atoms with van der Waals surface area (Å²) in [5, 5.41) is 10.2. The second kappa shape index (κ2) is 8.91. The number of para-hydroxylation sites is 2. The Morgan fingerprint density at radius 3 is 2.10 bits per heavy atom. The zero-order valence-corrected chi connectivity index (χ0v) is 22.4. The summed E-state index contributed by atoms with van der Waals surface area (Å²) < 4.78 is 12.3. The number of aliphatic imine (C=N–C) groups is 2. The number of rotatable bonds is 3. The molecular formula is C37H23N3O2. The summed E-state index contributed by atoms with van der Waals surface area (Å²) >= 11 is 0. The van der Waals surface area contributed by atoms with E-state index in [1.165, 1.54) is 5.39 Å². The van der Waals surface area contributed by atoms with Gasteiger partial charge in [0.1, 0.15) is 34.0 Å². The monoisotopic (exact) mass is 541 g/mol. The summed E-state index contributed by atoms with van der Waals surface area (Å²) in [6.07, 6.45) is -0.425. The standard InChI is InChI=1S/C37H23N3O2/c1-2-9-23-20-24(17-16-22(23)8-1)35-38-36(25-18-19-32-29(21-25)26-10-3-5-13-30(26)41-32)40-37(39-35)28-12-7-15-33-34(28)27-11-4-6-14-31(27)42-33/h1-21,35H,(H,38,39,40). The second-order valence-corrected chi connectivity index (χ2v) is 10.6. The fourth-order valence-electron chi connectivity index (χ4n) is 6.10. The van der Waals surface area contributed by atoms with E-state index in [0.717, 1.165) is 77.6 Å². The van der Waals surface area contributed by atoms with Crippen molar-refractivity contribution in [2.75, 3.05) is 0 Å². The Labute approximate surface area is 240 Å². The van der Waals surface area contributed by atoms with Crippen LogP contribution in [0.4, 0.5) is 0 Å². The molecule has 42 heavy (non-hydrogen) atoms. The number of benzene rings is 6. The zero-order chi connectivity index (χ0) is 27.6. The van der Waals surface area contributed by atoms with Crippen molar-refractivity contribution in [1.29, 1.82) is 0 Å². The van der Waals surface area contributed by atoms with Gasteiger partial charge in [-0.15, -0.1) is 0 Å². The van der Waals surface area contributed by atoms with Crippen molar-refractivity contribution in [3.8, 4) is 0 Å². The number of furan rings is 2. The Morgan fingerprint density at radius 1 is 0.500 bits per heavy atom. The van der Waals surface area contributed by atoms with Gasteiger partial charge in [0.25, 0.3) is 0 Å². The van der Waals surface area contributed by atoms with Crippen molar-refractivity contribution in [3.63, 3.8) is 0 Å². The third-order valence-corrected chi connectivity index (χ3v) is 8.12. The molecule has 1 aliphatic rings. The maximum Gasteiger partial charge on any atom is 0.169 e. The third-order valence-electron chi connectivity index (χ3n) is 8.12. The number of nitrogens with one attached hydrogen (secondary N) is 1. The number of nitrogens with zero attached hydrogens (tertiary/aromatic N) is 2. The first kappa shape index (κ1) is 23.1. The van der Waals surface area contributed by atoms with Gasteiger partial charge in [-0.25, -0.2) is 9.98 Å². The number of amidine groups is 2. The van der Waals surface area contributed by atoms with Gasteiger partial charge in [-0.05, 0) is 58.8 Å². The molecule has 2 aromatic heterocycles. The van der Waals surface area contributed by atoms with Crippen LogP contribution >= 0.6 is 0 Å². The Balaban J connectivity index is 1.25. The maximum absolute atomic E-state index is 6.21. The van der Waals surface area contributed by atoms with Crippen molar-refractivity contribution in [1.82, 2.24) is 5.32 Å². The first-order chi connectivity index (χ1) is 20.8. The van der Waals surface area contributed by atoms with E-state index in [1.54, 1.807) is 0 Å². The first-order valence-electron chi connectivity index (χ1n) is 14.0. The molecule has 8 aromatic rings. The van der Waals surface area contributed by atoms with E-state index < -0.39 is 6.17 Å². The lowest BCUT2D eigenvalue weighted by atomic mass is 10.0. The van der Waals surface area contributed by atoms with Crippen LogP contribution in [0, 0.1) is 0 Å². The SMILES string of the molecule is c1ccc2cc(C3N=C(c4ccc5oc6ccccc6c5c4)NC(c4cccc5oc6ccccc6c45)=N3)ccc2c1. The van der Waals surface area contributed by atoms with E-state index in [2.05, 4.69) is 78.1 Å². The van der Waals surface area contributed by atoms with Gasteiger partial charge in [0.2, 0.25) is 0 Å². The molecular weight excluding hydrogens is 518 g/mol. The van der Waals surface area contributed by atoms with Gasteiger partial charge in [0, 0.05) is 32.7 Å². The summed E-state index contributed by atoms with van der Waals surface area (Å²) in [4.78, 5) is 10.4. The van der Waals surface area contributed by atoms with E-state index in [9.17, 15) is 0 Å². The van der Waals surface area contributed by atoms with Gasteiger partial charge >= 0.3 is 0 Å². The van der Waals surface area contributed by atoms with E-state index in [-0.39, 0.29) is 0 Å². The van der Waals surface area contributed by atoms with Gasteiger partial charge in [-0.3, -0.25) is 0 Å². The topological polar surface area (TPSA) is 63.0 Å². The number of hydrogen-bond donors (Lipinski definition) is 1. The predicted molar refractivity (Wildman–Crippen MR) is 170 cm³/mol. The van der Waals surface area contributed by atoms with Crippen LogP contribution in [0.3, 0.4) is 0 Å². The van der Waals surface area contributed by atoms with Crippen LogP contribution in [-0.2, 0) is 0 Å². The lowest BCUT2D eigenvalue weighted by molar-refractivity contribution is 0.668. The molecule has 0 fully saturated rings. The largest absolute Gasteiger partial charge is 0.456 e. The minimum atomic E-state index is -0.425. The van der Waals surface area contributed by atoms with Crippen LogP contribution in [0.1, 0.15) is 22.9 Å². The lowest BCUT2D eigenvalue weighted by Crippen LogP contribution is -2.36. The quantitative estimate of drug-likeness (QED) is 0.243. The van der Waals surface area contributed by atoms with Crippen molar-refractivity contribution in [2.45, 2.75) is 6.17 Å². The third kappa shape index (κ3) is 3.57. The fourth-order valence-corrected chi connectivity index (χ4v) is 6.10. The molecule has 9 rings (SSSR count). The van der Waals surface area contributed by atoms with Crippen LogP contribution in [0.15, 0.2) is 146 Å². The molecule has 0 saturated carbocycles. The molecule has 1 N–H and O–H groups in total. The highest BCUT2D eigenvalue weighted by Crippen LogP contribution is 2.34. The summed E-state index contributed by atoms with van der Waals surface area (Å²) in [5.74, 6) is 1.52. The van der Waals surface area contributed by atoms with Crippen LogP contribution < -0.4 is 5.32 Å². The summed E-state index contributed by atoms with van der Waals surface area (Å²) in [5.41, 5.74) is 6.39. The van der Waals surface area contributed by atoms with Crippen LogP contribution in [0.25, 0.3) is 54.6 Å². The Bertz CT molecular complexity index is 2410. The molecule has 0 saturated heterocycles. The Morgan fingerprint density at radius 2 is 1.19 bits per heavy atom. The lowest BCUT2D eigenvalue weighted by Gasteiger charge is -2.23. The van der Waals surface area contributed by atoms with Crippen molar-refractivity contribution >= 4 is 66.3 Å². The minimum absolute atomic E-state index is 0.425. The molecule has 198 valence electrons. The van der Waals surface area contributed by atoms with Gasteiger partial charge in [0.15, 0.2) is 6.17 Å². The molecule has 0 radical (unpaired) electrons. The van der Waals surface area contributed by atoms with Crippen molar-refractivity contribution in [3.05, 3.63) is 144 Å². The number of hydrogen-bond acceptors (Lipinski definition) is 5. The van der Waals surface area contributed by atoms with Crippen LogP contribution in [-0.4, -0.2) is 11.7 Å². The Hall–Kier alpha value is -5.68. The molecule has 1 unspecified atom stereocenters. The summed E-state index contributed by atoms with van der Waals surface area (Å²) in [6.45, 7) is 0. The molecule has 1 aliphatic heterocycles. The molecule has 6 aromatic carbocycles. The highest BCUT2D eigenvalue weighted by Gasteiger charge is 2.24. The molecule has 0 aliphatic carbocycles. The maximum atomic E-state index is 6.21. The highest BCUT2D eigenvalue weighted by molar-refractivity contribution is 6.24. The minimum Gasteiger partial charge on any atom is -0.456 e. The van der Waals surface area contributed by atoms with Gasteiger partial charge < -0.3 is 14.2 Å². The van der Waals surface area contributed by atoms with E-state index in [0.29, 0.717) is 0 Å². The molecule has 3 heterocycles. The highest BCUT2D eigenvalue weighted by atomic mass is 16.3. The molecule has 0 bridgehead atoms. The average Bonchev–Trinajstić information content (AvgIpc) is 3.62. The van der Waals surface area contributed by atoms with E-state index in [1.807, 2.05) is 54.6 Å². The fraction of sp³-hybridized carbons (Fsp3) is 0.0270. The smallest absolute Gasteiger partial charge is 0.169 e. The van der Waals surface area contributed by atoms with Crippen molar-refractivity contribution < 1.29 is 8.83 Å². The molecule has 1 atom stereocenters. The van der Waals surface area contributed by atoms with Crippen LogP contribution in [0.5, 0.6) is 0 Å². The predicted octanol–water partition coefficient (Wildman–Crippen LogP) is 9.13. The summed E-state index contributed by atoms with van der Waals surface area (Å²) in [6, 6.07) is 43.5. The molecule has 0 spiro atoms. The van der Waals surface area contributed by atoms with Crippen molar-refractivity contribution in [2.24, 2.45) is 9.98 Å². The zero-order valence-electron chi connectivity index (χ0n) is 22.4. The van der Waals surface area contributed by atoms with Gasteiger partial charge in [-0.2, -0.15) is 0 Å². The molecule has 0 amide bonds. The first-order valence-corrected chi connectivity index (χ1v) is 14.0. The molecule has 5 nitrogen and oxygen atoms in total. The summed E-state index contributed by atoms with van der Waals surface area (Å²) in [7, 11) is 0.